The van der Waals surface area contributed by atoms with Crippen molar-refractivity contribution in [2.45, 2.75) is 13.3 Å². The van der Waals surface area contributed by atoms with Gasteiger partial charge in [0, 0.05) is 22.8 Å². The minimum atomic E-state index is 0.680. The van der Waals surface area contributed by atoms with Crippen molar-refractivity contribution in [2.75, 3.05) is 17.7 Å². The summed E-state index contributed by atoms with van der Waals surface area (Å²) < 4.78 is 0.847. The van der Waals surface area contributed by atoms with E-state index < -0.39 is 0 Å². The maximum atomic E-state index is 5.98. The highest BCUT2D eigenvalue weighted by Crippen LogP contribution is 2.29. The van der Waals surface area contributed by atoms with E-state index in [-0.39, 0.29) is 0 Å². The maximum absolute atomic E-state index is 5.98. The molecule has 0 fully saturated rings. The molecule has 1 aromatic carbocycles. The van der Waals surface area contributed by atoms with Gasteiger partial charge in [-0.25, -0.2) is 9.97 Å². The SMILES string of the molecule is CCc1c(NC)ncnc1Nc1ccc(Cl)c(Br)c1. The Hall–Kier alpha value is -1.33. The molecule has 100 valence electrons. The average molecular weight is 342 g/mol. The van der Waals surface area contributed by atoms with Gasteiger partial charge in [0.05, 0.1) is 5.02 Å². The summed E-state index contributed by atoms with van der Waals surface area (Å²) in [6.07, 6.45) is 2.38. The molecule has 0 unspecified atom stereocenters. The number of anilines is 3. The van der Waals surface area contributed by atoms with Gasteiger partial charge in [-0.3, -0.25) is 0 Å². The zero-order valence-corrected chi connectivity index (χ0v) is 13.0. The lowest BCUT2D eigenvalue weighted by Crippen LogP contribution is -2.04. The minimum absolute atomic E-state index is 0.680. The Bertz CT molecular complexity index is 589. The molecule has 0 saturated heterocycles. The Labute approximate surface area is 125 Å². The van der Waals surface area contributed by atoms with Gasteiger partial charge >= 0.3 is 0 Å². The summed E-state index contributed by atoms with van der Waals surface area (Å²) in [4.78, 5) is 8.50. The van der Waals surface area contributed by atoms with Crippen LogP contribution >= 0.6 is 27.5 Å². The highest BCUT2D eigenvalue weighted by Gasteiger charge is 2.09. The summed E-state index contributed by atoms with van der Waals surface area (Å²) in [5.41, 5.74) is 1.97. The van der Waals surface area contributed by atoms with Gasteiger partial charge in [0.1, 0.15) is 18.0 Å². The highest BCUT2D eigenvalue weighted by atomic mass is 79.9. The van der Waals surface area contributed by atoms with Gasteiger partial charge < -0.3 is 10.6 Å². The Morgan fingerprint density at radius 1 is 1.26 bits per heavy atom. The Balaban J connectivity index is 2.35. The molecule has 0 aliphatic rings. The third-order valence-corrected chi connectivity index (χ3v) is 3.93. The molecule has 0 aliphatic carbocycles. The molecule has 0 amide bonds. The van der Waals surface area contributed by atoms with Crippen molar-refractivity contribution >= 4 is 44.9 Å². The summed E-state index contributed by atoms with van der Waals surface area (Å²) in [7, 11) is 1.85. The van der Waals surface area contributed by atoms with Gasteiger partial charge in [0.2, 0.25) is 0 Å². The number of aromatic nitrogens is 2. The molecule has 19 heavy (non-hydrogen) atoms. The van der Waals surface area contributed by atoms with Crippen LogP contribution < -0.4 is 10.6 Å². The van der Waals surface area contributed by atoms with Crippen molar-refractivity contribution in [3.05, 3.63) is 39.6 Å². The molecule has 2 N–H and O–H groups in total. The summed E-state index contributed by atoms with van der Waals surface area (Å²) in [5.74, 6) is 1.64. The maximum Gasteiger partial charge on any atom is 0.139 e. The van der Waals surface area contributed by atoms with Gasteiger partial charge in [-0.2, -0.15) is 0 Å². The van der Waals surface area contributed by atoms with Crippen LogP contribution in [0.1, 0.15) is 12.5 Å². The van der Waals surface area contributed by atoms with Gasteiger partial charge in [0.25, 0.3) is 0 Å². The van der Waals surface area contributed by atoms with Crippen LogP contribution in [0.3, 0.4) is 0 Å². The predicted molar refractivity (Wildman–Crippen MR) is 83.4 cm³/mol. The molecule has 0 radical (unpaired) electrons. The minimum Gasteiger partial charge on any atom is -0.373 e. The number of halogens is 2. The molecule has 2 rings (SSSR count). The molecule has 0 atom stereocenters. The van der Waals surface area contributed by atoms with Crippen molar-refractivity contribution in [1.29, 1.82) is 0 Å². The molecule has 2 aromatic rings. The van der Waals surface area contributed by atoms with Crippen molar-refractivity contribution in [3.63, 3.8) is 0 Å². The first-order valence-electron chi connectivity index (χ1n) is 5.89. The Morgan fingerprint density at radius 3 is 2.63 bits per heavy atom. The summed E-state index contributed by atoms with van der Waals surface area (Å²) >= 11 is 9.39. The fraction of sp³-hybridized carbons (Fsp3) is 0.231. The van der Waals surface area contributed by atoms with E-state index in [1.807, 2.05) is 25.2 Å². The number of hydrogen-bond donors (Lipinski definition) is 2. The molecule has 0 saturated carbocycles. The lowest BCUT2D eigenvalue weighted by atomic mass is 10.2. The summed E-state index contributed by atoms with van der Waals surface area (Å²) in [5, 5.41) is 7.04. The van der Waals surface area contributed by atoms with E-state index in [1.165, 1.54) is 6.33 Å². The lowest BCUT2D eigenvalue weighted by molar-refractivity contribution is 1.05. The van der Waals surface area contributed by atoms with E-state index in [4.69, 9.17) is 11.6 Å². The third kappa shape index (κ3) is 3.16. The monoisotopic (exact) mass is 340 g/mol. The second kappa shape index (κ2) is 6.21. The zero-order chi connectivity index (χ0) is 13.8. The zero-order valence-electron chi connectivity index (χ0n) is 10.7. The van der Waals surface area contributed by atoms with E-state index in [0.29, 0.717) is 5.02 Å². The quantitative estimate of drug-likeness (QED) is 0.873. The fourth-order valence-corrected chi connectivity index (χ4v) is 2.28. The van der Waals surface area contributed by atoms with Crippen LogP contribution in [0.25, 0.3) is 0 Å². The standard InChI is InChI=1S/C13H14BrClN4/c1-3-9-12(16-2)17-7-18-13(9)19-8-4-5-11(15)10(14)6-8/h4-7H,3H2,1-2H3,(H2,16,17,18,19). The number of benzene rings is 1. The number of nitrogens with one attached hydrogen (secondary N) is 2. The average Bonchev–Trinajstić information content (AvgIpc) is 2.42. The fourth-order valence-electron chi connectivity index (χ4n) is 1.78. The molecule has 1 heterocycles. The first-order chi connectivity index (χ1) is 9.15. The van der Waals surface area contributed by atoms with Crippen LogP contribution in [-0.4, -0.2) is 17.0 Å². The highest BCUT2D eigenvalue weighted by molar-refractivity contribution is 9.10. The summed E-state index contributed by atoms with van der Waals surface area (Å²) in [6.45, 7) is 2.07. The van der Waals surface area contributed by atoms with Crippen molar-refractivity contribution in [3.8, 4) is 0 Å². The van der Waals surface area contributed by atoms with E-state index in [9.17, 15) is 0 Å². The first-order valence-corrected chi connectivity index (χ1v) is 7.06. The molecule has 0 spiro atoms. The Morgan fingerprint density at radius 2 is 2.00 bits per heavy atom. The van der Waals surface area contributed by atoms with Gasteiger partial charge in [-0.1, -0.05) is 18.5 Å². The number of nitrogens with zero attached hydrogens (tertiary/aromatic N) is 2. The third-order valence-electron chi connectivity index (χ3n) is 2.72. The van der Waals surface area contributed by atoms with E-state index in [2.05, 4.69) is 43.5 Å². The van der Waals surface area contributed by atoms with Gasteiger partial charge in [-0.05, 0) is 40.5 Å². The number of rotatable bonds is 4. The van der Waals surface area contributed by atoms with Crippen LogP contribution in [0.15, 0.2) is 29.0 Å². The largest absolute Gasteiger partial charge is 0.373 e. The first kappa shape index (κ1) is 14.1. The second-order valence-electron chi connectivity index (χ2n) is 3.91. The van der Waals surface area contributed by atoms with Crippen LogP contribution in [0.4, 0.5) is 17.3 Å². The number of hydrogen-bond acceptors (Lipinski definition) is 4. The van der Waals surface area contributed by atoms with Gasteiger partial charge in [0.15, 0.2) is 0 Å². The topological polar surface area (TPSA) is 49.8 Å². The molecule has 1 aromatic heterocycles. The van der Waals surface area contributed by atoms with Crippen LogP contribution in [0.5, 0.6) is 0 Å². The summed E-state index contributed by atoms with van der Waals surface area (Å²) in [6, 6.07) is 5.66. The van der Waals surface area contributed by atoms with Crippen molar-refractivity contribution in [2.24, 2.45) is 0 Å². The van der Waals surface area contributed by atoms with E-state index in [0.717, 1.165) is 33.8 Å². The van der Waals surface area contributed by atoms with Crippen LogP contribution in [0.2, 0.25) is 5.02 Å². The smallest absolute Gasteiger partial charge is 0.139 e. The van der Waals surface area contributed by atoms with Crippen molar-refractivity contribution in [1.82, 2.24) is 9.97 Å². The van der Waals surface area contributed by atoms with E-state index in [1.54, 1.807) is 0 Å². The van der Waals surface area contributed by atoms with Gasteiger partial charge in [-0.15, -0.1) is 0 Å². The molecule has 0 bridgehead atoms. The molecule has 0 aliphatic heterocycles. The molecular formula is C13H14BrClN4. The normalized spacial score (nSPS) is 10.3. The van der Waals surface area contributed by atoms with E-state index >= 15 is 0 Å². The molecule has 6 heteroatoms. The second-order valence-corrected chi connectivity index (χ2v) is 5.17. The predicted octanol–water partition coefficient (Wildman–Crippen LogP) is 4.24. The molecular weight excluding hydrogens is 328 g/mol. The van der Waals surface area contributed by atoms with Crippen LogP contribution in [0, 0.1) is 0 Å². The molecule has 4 nitrogen and oxygen atoms in total. The lowest BCUT2D eigenvalue weighted by Gasteiger charge is -2.13. The van der Waals surface area contributed by atoms with Crippen molar-refractivity contribution < 1.29 is 0 Å². The van der Waals surface area contributed by atoms with Crippen LogP contribution in [-0.2, 0) is 6.42 Å². The Kier molecular flexibility index (Phi) is 4.61.